The van der Waals surface area contributed by atoms with E-state index in [0.717, 1.165) is 42.1 Å². The number of amides is 1. The van der Waals surface area contributed by atoms with E-state index in [4.69, 9.17) is 9.97 Å². The fraction of sp³-hybridized carbons (Fsp3) is 0.407. The number of anilines is 1. The van der Waals surface area contributed by atoms with Crippen molar-refractivity contribution in [3.8, 4) is 21.8 Å². The lowest BCUT2D eigenvalue weighted by Crippen LogP contribution is -2.40. The van der Waals surface area contributed by atoms with Crippen molar-refractivity contribution in [3.05, 3.63) is 53.7 Å². The van der Waals surface area contributed by atoms with Crippen LogP contribution in [-0.2, 0) is 0 Å². The van der Waals surface area contributed by atoms with Crippen LogP contribution in [0, 0.1) is 5.92 Å². The van der Waals surface area contributed by atoms with Gasteiger partial charge in [0.1, 0.15) is 5.82 Å². The van der Waals surface area contributed by atoms with Gasteiger partial charge in [-0.25, -0.2) is 14.5 Å². The van der Waals surface area contributed by atoms with Gasteiger partial charge in [-0.3, -0.25) is 4.79 Å². The van der Waals surface area contributed by atoms with E-state index in [9.17, 15) is 9.90 Å². The molecule has 2 atom stereocenters. The Labute approximate surface area is 219 Å². The SMILES string of the molecule is CC(C)(O)CNc1cc(C(=O)N2C[C@H]3CC[C@@H](C2)NC3)cc(-c2cnn3ccc(-c4cccs4)nc23)n1. The molecule has 4 aromatic heterocycles. The van der Waals surface area contributed by atoms with Gasteiger partial charge in [0.15, 0.2) is 5.65 Å². The lowest BCUT2D eigenvalue weighted by atomic mass is 9.97. The highest BCUT2D eigenvalue weighted by molar-refractivity contribution is 7.13. The van der Waals surface area contributed by atoms with Gasteiger partial charge in [0.25, 0.3) is 5.91 Å². The molecule has 9 nitrogen and oxygen atoms in total. The summed E-state index contributed by atoms with van der Waals surface area (Å²) in [4.78, 5) is 26.5. The molecule has 0 aromatic carbocycles. The first-order chi connectivity index (χ1) is 17.8. The number of thiophene rings is 1. The Kier molecular flexibility index (Phi) is 6.18. The monoisotopic (exact) mass is 517 g/mol. The Morgan fingerprint density at radius 2 is 2.11 bits per heavy atom. The van der Waals surface area contributed by atoms with Crippen molar-refractivity contribution in [1.82, 2.24) is 29.8 Å². The minimum Gasteiger partial charge on any atom is -0.389 e. The summed E-state index contributed by atoms with van der Waals surface area (Å²) in [7, 11) is 0. The topological polar surface area (TPSA) is 108 Å². The molecule has 3 fully saturated rings. The maximum Gasteiger partial charge on any atom is 0.254 e. The lowest BCUT2D eigenvalue weighted by molar-refractivity contribution is 0.0748. The smallest absolute Gasteiger partial charge is 0.254 e. The number of fused-ring (bicyclic) bond motifs is 5. The molecule has 3 aliphatic rings. The number of nitrogens with zero attached hydrogens (tertiary/aromatic N) is 5. The largest absolute Gasteiger partial charge is 0.389 e. The lowest BCUT2D eigenvalue weighted by Gasteiger charge is -2.23. The van der Waals surface area contributed by atoms with Crippen LogP contribution in [0.5, 0.6) is 0 Å². The second-order valence-corrected chi connectivity index (χ2v) is 11.6. The molecule has 10 heteroatoms. The summed E-state index contributed by atoms with van der Waals surface area (Å²) in [6.45, 7) is 6.20. The molecule has 2 bridgehead atoms. The summed E-state index contributed by atoms with van der Waals surface area (Å²) >= 11 is 1.63. The zero-order valence-corrected chi connectivity index (χ0v) is 21.8. The van der Waals surface area contributed by atoms with Crippen LogP contribution in [0.4, 0.5) is 5.82 Å². The van der Waals surface area contributed by atoms with Crippen molar-refractivity contribution in [1.29, 1.82) is 0 Å². The molecular formula is C27H31N7O2S. The Morgan fingerprint density at radius 3 is 2.86 bits per heavy atom. The quantitative estimate of drug-likeness (QED) is 0.359. The van der Waals surface area contributed by atoms with Crippen molar-refractivity contribution in [2.75, 3.05) is 31.5 Å². The van der Waals surface area contributed by atoms with Gasteiger partial charge in [-0.15, -0.1) is 11.3 Å². The van der Waals surface area contributed by atoms with Gasteiger partial charge in [-0.05, 0) is 68.8 Å². The van der Waals surface area contributed by atoms with Crippen LogP contribution >= 0.6 is 11.3 Å². The van der Waals surface area contributed by atoms with E-state index < -0.39 is 5.60 Å². The highest BCUT2D eigenvalue weighted by Crippen LogP contribution is 2.29. The third-order valence-corrected chi connectivity index (χ3v) is 7.91. The van der Waals surface area contributed by atoms with Crippen LogP contribution in [0.2, 0.25) is 0 Å². The zero-order chi connectivity index (χ0) is 25.6. The van der Waals surface area contributed by atoms with Gasteiger partial charge in [0, 0.05) is 37.4 Å². The minimum absolute atomic E-state index is 0.000679. The van der Waals surface area contributed by atoms with E-state index in [-0.39, 0.29) is 5.91 Å². The van der Waals surface area contributed by atoms with Gasteiger partial charge in [0.05, 0.1) is 33.6 Å². The molecule has 192 valence electrons. The van der Waals surface area contributed by atoms with Crippen LogP contribution in [0.3, 0.4) is 0 Å². The number of carbonyl (C=O) groups is 1. The van der Waals surface area contributed by atoms with E-state index in [0.29, 0.717) is 47.8 Å². The van der Waals surface area contributed by atoms with E-state index in [1.54, 1.807) is 42.0 Å². The molecule has 0 unspecified atom stereocenters. The standard InChI is InChI=1S/C27H31N7O2S/c1-27(2,36)16-29-24-11-18(26(35)33-14-17-5-6-19(15-33)28-12-17)10-22(31-24)20-13-30-34-8-7-21(32-25(20)34)23-4-3-9-37-23/h3-4,7-11,13,17,19,28,36H,5-6,12,14-16H2,1-2H3,(H,29,31)/t17-,19-/m0/s1. The fourth-order valence-corrected chi connectivity index (χ4v) is 5.78. The number of aromatic nitrogens is 4. The van der Waals surface area contributed by atoms with Crippen LogP contribution in [0.1, 0.15) is 37.0 Å². The normalized spacial score (nSPS) is 19.8. The molecule has 0 radical (unpaired) electrons. The summed E-state index contributed by atoms with van der Waals surface area (Å²) in [5.74, 6) is 1.02. The first kappa shape index (κ1) is 24.0. The molecule has 3 N–H and O–H groups in total. The van der Waals surface area contributed by atoms with E-state index >= 15 is 0 Å². The third kappa shape index (κ3) is 5.09. The fourth-order valence-electron chi connectivity index (χ4n) is 5.09. The molecule has 0 aliphatic carbocycles. The second-order valence-electron chi connectivity index (χ2n) is 10.7. The molecule has 7 rings (SSSR count). The average Bonchev–Trinajstić information content (AvgIpc) is 3.48. The summed E-state index contributed by atoms with van der Waals surface area (Å²) in [6, 6.07) is 9.96. The first-order valence-corrected chi connectivity index (χ1v) is 13.6. The zero-order valence-electron chi connectivity index (χ0n) is 21.0. The molecule has 1 amide bonds. The maximum atomic E-state index is 13.8. The third-order valence-electron chi connectivity index (χ3n) is 7.02. The van der Waals surface area contributed by atoms with Crippen molar-refractivity contribution in [2.45, 2.75) is 38.3 Å². The summed E-state index contributed by atoms with van der Waals surface area (Å²) in [5, 5.41) is 23.6. The Morgan fingerprint density at radius 1 is 1.22 bits per heavy atom. The number of hydrogen-bond acceptors (Lipinski definition) is 8. The van der Waals surface area contributed by atoms with E-state index in [1.165, 1.54) is 0 Å². The van der Waals surface area contributed by atoms with Crippen molar-refractivity contribution in [2.24, 2.45) is 5.92 Å². The number of rotatable bonds is 6. The van der Waals surface area contributed by atoms with Crippen LogP contribution < -0.4 is 10.6 Å². The number of hydrogen-bond donors (Lipinski definition) is 3. The van der Waals surface area contributed by atoms with Gasteiger partial charge >= 0.3 is 0 Å². The van der Waals surface area contributed by atoms with Crippen LogP contribution in [-0.4, -0.2) is 73.3 Å². The molecule has 0 spiro atoms. The summed E-state index contributed by atoms with van der Waals surface area (Å²) < 4.78 is 1.73. The predicted octanol–water partition coefficient (Wildman–Crippen LogP) is 3.53. The summed E-state index contributed by atoms with van der Waals surface area (Å²) in [6.07, 6.45) is 5.90. The Balaban J connectivity index is 1.40. The predicted molar refractivity (Wildman–Crippen MR) is 145 cm³/mol. The number of aliphatic hydroxyl groups is 1. The minimum atomic E-state index is -0.931. The van der Waals surface area contributed by atoms with E-state index in [1.807, 2.05) is 40.7 Å². The molecular weight excluding hydrogens is 486 g/mol. The Hall–Kier alpha value is -3.34. The number of nitrogens with one attached hydrogen (secondary N) is 2. The molecule has 3 aliphatic heterocycles. The molecule has 4 aromatic rings. The number of carbonyl (C=O) groups excluding carboxylic acids is 1. The second kappa shape index (κ2) is 9.51. The highest BCUT2D eigenvalue weighted by atomic mass is 32.1. The maximum absolute atomic E-state index is 13.8. The average molecular weight is 518 g/mol. The molecule has 7 heterocycles. The number of pyridine rings is 1. The van der Waals surface area contributed by atoms with Crippen molar-refractivity contribution < 1.29 is 9.90 Å². The van der Waals surface area contributed by atoms with Crippen LogP contribution in [0.15, 0.2) is 48.1 Å². The van der Waals surface area contributed by atoms with E-state index in [2.05, 4.69) is 15.7 Å². The van der Waals surface area contributed by atoms with Gasteiger partial charge in [-0.2, -0.15) is 5.10 Å². The van der Waals surface area contributed by atoms with Crippen LogP contribution in [0.25, 0.3) is 27.5 Å². The molecule has 3 saturated heterocycles. The number of piperidine rings is 1. The van der Waals surface area contributed by atoms with Gasteiger partial charge in [0.2, 0.25) is 0 Å². The highest BCUT2D eigenvalue weighted by Gasteiger charge is 2.32. The first-order valence-electron chi connectivity index (χ1n) is 12.7. The van der Waals surface area contributed by atoms with Gasteiger partial charge < -0.3 is 20.6 Å². The molecule has 37 heavy (non-hydrogen) atoms. The van der Waals surface area contributed by atoms with Crippen molar-refractivity contribution in [3.63, 3.8) is 0 Å². The summed E-state index contributed by atoms with van der Waals surface area (Å²) in [5.41, 5.74) is 2.54. The van der Waals surface area contributed by atoms with Gasteiger partial charge in [-0.1, -0.05) is 6.07 Å². The Bertz CT molecular complexity index is 1400. The van der Waals surface area contributed by atoms with Crippen molar-refractivity contribution >= 4 is 28.7 Å². The molecule has 0 saturated carbocycles.